The van der Waals surface area contributed by atoms with Gasteiger partial charge in [0.1, 0.15) is 0 Å². The number of aromatic nitrogens is 1. The summed E-state index contributed by atoms with van der Waals surface area (Å²) in [4.78, 5) is 18.2. The van der Waals surface area contributed by atoms with E-state index in [1.807, 2.05) is 44.3 Å². The van der Waals surface area contributed by atoms with Gasteiger partial charge in [-0.1, -0.05) is 11.6 Å². The van der Waals surface area contributed by atoms with Crippen molar-refractivity contribution in [2.24, 2.45) is 0 Å². The van der Waals surface area contributed by atoms with Crippen LogP contribution in [-0.4, -0.2) is 29.4 Å². The average molecular weight is 333 g/mol. The minimum absolute atomic E-state index is 0.0367. The maximum absolute atomic E-state index is 12.4. The SMILES string of the molecule is Cc1ccc(Br)c(C(=O)N(C)CCc2ccncc2)c1. The van der Waals surface area contributed by atoms with Gasteiger partial charge < -0.3 is 4.90 Å². The summed E-state index contributed by atoms with van der Waals surface area (Å²) in [6.07, 6.45) is 4.37. The number of hydrogen-bond donors (Lipinski definition) is 0. The maximum Gasteiger partial charge on any atom is 0.254 e. The lowest BCUT2D eigenvalue weighted by Gasteiger charge is -2.18. The van der Waals surface area contributed by atoms with Gasteiger partial charge in [-0.15, -0.1) is 0 Å². The molecule has 0 N–H and O–H groups in total. The lowest BCUT2D eigenvalue weighted by molar-refractivity contribution is 0.0795. The second-order valence-corrected chi connectivity index (χ2v) is 5.67. The second-order valence-electron chi connectivity index (χ2n) is 4.82. The van der Waals surface area contributed by atoms with Crippen molar-refractivity contribution >= 4 is 21.8 Å². The molecule has 0 unspecified atom stereocenters. The van der Waals surface area contributed by atoms with E-state index in [9.17, 15) is 4.79 Å². The van der Waals surface area contributed by atoms with E-state index in [0.29, 0.717) is 12.1 Å². The lowest BCUT2D eigenvalue weighted by Crippen LogP contribution is -2.29. The van der Waals surface area contributed by atoms with Crippen LogP contribution in [0.5, 0.6) is 0 Å². The number of pyridine rings is 1. The highest BCUT2D eigenvalue weighted by molar-refractivity contribution is 9.10. The Bertz CT molecular complexity index is 599. The predicted octanol–water partition coefficient (Wildman–Crippen LogP) is 3.47. The monoisotopic (exact) mass is 332 g/mol. The molecule has 4 heteroatoms. The number of benzene rings is 1. The van der Waals surface area contributed by atoms with Crippen LogP contribution in [0.25, 0.3) is 0 Å². The molecule has 0 aliphatic heterocycles. The Morgan fingerprint density at radius 3 is 2.65 bits per heavy atom. The lowest BCUT2D eigenvalue weighted by atomic mass is 10.1. The summed E-state index contributed by atoms with van der Waals surface area (Å²) >= 11 is 3.44. The predicted molar refractivity (Wildman–Crippen MR) is 83.8 cm³/mol. The van der Waals surface area contributed by atoms with Crippen molar-refractivity contribution in [2.45, 2.75) is 13.3 Å². The van der Waals surface area contributed by atoms with E-state index in [-0.39, 0.29) is 5.91 Å². The zero-order valence-corrected chi connectivity index (χ0v) is 13.2. The van der Waals surface area contributed by atoms with Crippen LogP contribution in [0.2, 0.25) is 0 Å². The Hall–Kier alpha value is -1.68. The van der Waals surface area contributed by atoms with Crippen LogP contribution in [0, 0.1) is 6.92 Å². The molecule has 104 valence electrons. The van der Waals surface area contributed by atoms with Gasteiger partial charge in [0.05, 0.1) is 5.56 Å². The van der Waals surface area contributed by atoms with E-state index in [1.54, 1.807) is 17.3 Å². The summed E-state index contributed by atoms with van der Waals surface area (Å²) in [6, 6.07) is 9.76. The summed E-state index contributed by atoms with van der Waals surface area (Å²) in [5.74, 6) is 0.0367. The van der Waals surface area contributed by atoms with Crippen molar-refractivity contribution in [2.75, 3.05) is 13.6 Å². The van der Waals surface area contributed by atoms with Gasteiger partial charge in [0.25, 0.3) is 5.91 Å². The highest BCUT2D eigenvalue weighted by Gasteiger charge is 2.14. The first-order valence-corrected chi connectivity index (χ1v) is 7.28. The summed E-state index contributed by atoms with van der Waals surface area (Å²) < 4.78 is 0.837. The highest BCUT2D eigenvalue weighted by Crippen LogP contribution is 2.19. The molecule has 1 heterocycles. The van der Waals surface area contributed by atoms with Crippen molar-refractivity contribution < 1.29 is 4.79 Å². The molecule has 1 aromatic carbocycles. The molecule has 20 heavy (non-hydrogen) atoms. The molecule has 0 radical (unpaired) electrons. The molecule has 0 fully saturated rings. The largest absolute Gasteiger partial charge is 0.341 e. The van der Waals surface area contributed by atoms with Gasteiger partial charge in [-0.05, 0) is 59.1 Å². The van der Waals surface area contributed by atoms with Gasteiger partial charge in [-0.3, -0.25) is 9.78 Å². The van der Waals surface area contributed by atoms with Gasteiger partial charge in [0.15, 0.2) is 0 Å². The van der Waals surface area contributed by atoms with Crippen LogP contribution in [0.3, 0.4) is 0 Å². The van der Waals surface area contributed by atoms with Gasteiger partial charge in [0.2, 0.25) is 0 Å². The normalized spacial score (nSPS) is 10.3. The van der Waals surface area contributed by atoms with Crippen LogP contribution >= 0.6 is 15.9 Å². The number of aryl methyl sites for hydroxylation is 1. The smallest absolute Gasteiger partial charge is 0.254 e. The van der Waals surface area contributed by atoms with Gasteiger partial charge in [-0.2, -0.15) is 0 Å². The van der Waals surface area contributed by atoms with Crippen LogP contribution in [0.1, 0.15) is 21.5 Å². The highest BCUT2D eigenvalue weighted by atomic mass is 79.9. The molecular formula is C16H17BrN2O. The Morgan fingerprint density at radius 1 is 1.25 bits per heavy atom. The molecule has 2 aromatic rings. The first-order chi connectivity index (χ1) is 9.58. The van der Waals surface area contributed by atoms with E-state index in [2.05, 4.69) is 20.9 Å². The zero-order valence-electron chi connectivity index (χ0n) is 11.6. The number of carbonyl (C=O) groups excluding carboxylic acids is 1. The zero-order chi connectivity index (χ0) is 14.5. The third-order valence-electron chi connectivity index (χ3n) is 3.18. The van der Waals surface area contributed by atoms with E-state index in [0.717, 1.165) is 16.5 Å². The fraction of sp³-hybridized carbons (Fsp3) is 0.250. The quantitative estimate of drug-likeness (QED) is 0.858. The second kappa shape index (κ2) is 6.66. The molecule has 0 aliphatic carbocycles. The minimum atomic E-state index is 0.0367. The summed E-state index contributed by atoms with van der Waals surface area (Å²) in [6.45, 7) is 2.67. The molecule has 0 bridgehead atoms. The first kappa shape index (κ1) is 14.7. The molecule has 2 rings (SSSR count). The third kappa shape index (κ3) is 3.67. The van der Waals surface area contributed by atoms with Gasteiger partial charge >= 0.3 is 0 Å². The van der Waals surface area contributed by atoms with Crippen LogP contribution in [0.15, 0.2) is 47.2 Å². The van der Waals surface area contributed by atoms with Crippen molar-refractivity contribution in [3.05, 3.63) is 63.9 Å². The van der Waals surface area contributed by atoms with Crippen LogP contribution in [-0.2, 0) is 6.42 Å². The first-order valence-electron chi connectivity index (χ1n) is 6.48. The van der Waals surface area contributed by atoms with Gasteiger partial charge in [0, 0.05) is 30.5 Å². The maximum atomic E-state index is 12.4. The number of rotatable bonds is 4. The Kier molecular flexibility index (Phi) is 4.90. The van der Waals surface area contributed by atoms with E-state index < -0.39 is 0 Å². The van der Waals surface area contributed by atoms with E-state index >= 15 is 0 Å². The van der Waals surface area contributed by atoms with Crippen molar-refractivity contribution in [1.82, 2.24) is 9.88 Å². The van der Waals surface area contributed by atoms with Gasteiger partial charge in [-0.25, -0.2) is 0 Å². The number of nitrogens with zero attached hydrogens (tertiary/aromatic N) is 2. The fourth-order valence-electron chi connectivity index (χ4n) is 1.96. The summed E-state index contributed by atoms with van der Waals surface area (Å²) in [5, 5.41) is 0. The number of hydrogen-bond acceptors (Lipinski definition) is 2. The molecule has 0 saturated carbocycles. The van der Waals surface area contributed by atoms with E-state index in [4.69, 9.17) is 0 Å². The fourth-order valence-corrected chi connectivity index (χ4v) is 2.37. The molecule has 0 spiro atoms. The summed E-state index contributed by atoms with van der Waals surface area (Å²) in [5.41, 5.74) is 2.98. The third-order valence-corrected chi connectivity index (χ3v) is 3.88. The molecule has 1 aromatic heterocycles. The molecular weight excluding hydrogens is 316 g/mol. The average Bonchev–Trinajstić information content (AvgIpc) is 2.47. The number of carbonyl (C=O) groups is 1. The molecule has 0 aliphatic rings. The Balaban J connectivity index is 2.03. The molecule has 0 saturated heterocycles. The molecule has 0 atom stereocenters. The Labute approximate surface area is 127 Å². The summed E-state index contributed by atoms with van der Waals surface area (Å²) in [7, 11) is 1.83. The topological polar surface area (TPSA) is 33.2 Å². The molecule has 3 nitrogen and oxygen atoms in total. The van der Waals surface area contributed by atoms with E-state index in [1.165, 1.54) is 5.56 Å². The van der Waals surface area contributed by atoms with Crippen molar-refractivity contribution in [1.29, 1.82) is 0 Å². The molecule has 1 amide bonds. The van der Waals surface area contributed by atoms with Crippen LogP contribution < -0.4 is 0 Å². The number of amides is 1. The standard InChI is InChI=1S/C16H17BrN2O/c1-12-3-4-15(17)14(11-12)16(20)19(2)10-7-13-5-8-18-9-6-13/h3-6,8-9,11H,7,10H2,1-2H3. The minimum Gasteiger partial charge on any atom is -0.341 e. The van der Waals surface area contributed by atoms with Crippen LogP contribution in [0.4, 0.5) is 0 Å². The Morgan fingerprint density at radius 2 is 1.95 bits per heavy atom. The van der Waals surface area contributed by atoms with Crippen molar-refractivity contribution in [3.8, 4) is 0 Å². The number of likely N-dealkylation sites (N-methyl/N-ethyl adjacent to an activating group) is 1. The van der Waals surface area contributed by atoms with Crippen molar-refractivity contribution in [3.63, 3.8) is 0 Å². The number of halogens is 1.